The van der Waals surface area contributed by atoms with Gasteiger partial charge >= 0.3 is 0 Å². The van der Waals surface area contributed by atoms with Gasteiger partial charge < -0.3 is 0 Å². The standard InChI is InChI=1S/C26H24FN3O2S2/c27-23-13-11-22(12-14-23)26-28-19-24(33-26)34(31,32)30-17-15-29(16-18-30)25(20-7-3-1-4-8-20)21-9-5-2-6-10-21/h1-14,19,25H,15-18H2. The maximum absolute atomic E-state index is 13.3. The summed E-state index contributed by atoms with van der Waals surface area (Å²) in [6.45, 7) is 2.05. The van der Waals surface area contributed by atoms with Crippen LogP contribution in [0, 0.1) is 5.82 Å². The predicted octanol–water partition coefficient (Wildman–Crippen LogP) is 5.05. The normalized spacial score (nSPS) is 15.6. The van der Waals surface area contributed by atoms with Crippen molar-refractivity contribution in [1.29, 1.82) is 0 Å². The third-order valence-electron chi connectivity index (χ3n) is 6.04. The molecule has 34 heavy (non-hydrogen) atoms. The van der Waals surface area contributed by atoms with Gasteiger partial charge in [0.25, 0.3) is 10.0 Å². The number of hydrogen-bond donors (Lipinski definition) is 0. The first-order valence-corrected chi connectivity index (χ1v) is 13.3. The van der Waals surface area contributed by atoms with Crippen molar-refractivity contribution >= 4 is 21.4 Å². The van der Waals surface area contributed by atoms with Crippen LogP contribution in [0.5, 0.6) is 0 Å². The molecule has 1 saturated heterocycles. The quantitative estimate of drug-likeness (QED) is 0.377. The van der Waals surface area contributed by atoms with Gasteiger partial charge in [-0.2, -0.15) is 4.31 Å². The van der Waals surface area contributed by atoms with E-state index in [1.54, 1.807) is 16.4 Å². The summed E-state index contributed by atoms with van der Waals surface area (Å²) < 4.78 is 41.6. The Morgan fingerprint density at radius 3 is 1.91 bits per heavy atom. The van der Waals surface area contributed by atoms with Crippen LogP contribution >= 0.6 is 11.3 Å². The number of hydrogen-bond acceptors (Lipinski definition) is 5. The number of sulfonamides is 1. The summed E-state index contributed by atoms with van der Waals surface area (Å²) in [7, 11) is -3.65. The summed E-state index contributed by atoms with van der Waals surface area (Å²) in [5.41, 5.74) is 3.08. The summed E-state index contributed by atoms with van der Waals surface area (Å²) in [6.07, 6.45) is 1.40. The highest BCUT2D eigenvalue weighted by atomic mass is 32.2. The van der Waals surface area contributed by atoms with Gasteiger partial charge in [-0.05, 0) is 35.4 Å². The maximum atomic E-state index is 13.3. The Kier molecular flexibility index (Phi) is 6.56. The number of piperazine rings is 1. The Labute approximate surface area is 203 Å². The molecule has 0 N–H and O–H groups in total. The van der Waals surface area contributed by atoms with E-state index in [9.17, 15) is 12.8 Å². The number of aromatic nitrogens is 1. The van der Waals surface area contributed by atoms with E-state index in [1.807, 2.05) is 36.4 Å². The fourth-order valence-electron chi connectivity index (χ4n) is 4.32. The van der Waals surface area contributed by atoms with Crippen LogP contribution < -0.4 is 0 Å². The second-order valence-corrected chi connectivity index (χ2v) is 11.4. The molecule has 0 saturated carbocycles. The molecular weight excluding hydrogens is 469 g/mol. The van der Waals surface area contributed by atoms with Crippen LogP contribution in [0.25, 0.3) is 10.6 Å². The molecule has 1 aliphatic heterocycles. The van der Waals surface area contributed by atoms with E-state index in [0.29, 0.717) is 36.8 Å². The largest absolute Gasteiger partial charge is 0.290 e. The number of thiazole rings is 1. The van der Waals surface area contributed by atoms with Gasteiger partial charge in [-0.25, -0.2) is 17.8 Å². The second-order valence-electron chi connectivity index (χ2n) is 8.16. The molecule has 2 heterocycles. The van der Waals surface area contributed by atoms with Gasteiger partial charge in [0.2, 0.25) is 0 Å². The number of nitrogens with zero attached hydrogens (tertiary/aromatic N) is 3. The van der Waals surface area contributed by atoms with Crippen molar-refractivity contribution < 1.29 is 12.8 Å². The lowest BCUT2D eigenvalue weighted by Gasteiger charge is -2.39. The summed E-state index contributed by atoms with van der Waals surface area (Å²) in [5, 5.41) is 0.561. The van der Waals surface area contributed by atoms with Crippen molar-refractivity contribution in [3.63, 3.8) is 0 Å². The molecular formula is C26H24FN3O2S2. The van der Waals surface area contributed by atoms with Gasteiger partial charge in [0.15, 0.2) is 4.21 Å². The third kappa shape index (κ3) is 4.67. The summed E-state index contributed by atoms with van der Waals surface area (Å²) in [5.74, 6) is -0.338. The van der Waals surface area contributed by atoms with Crippen molar-refractivity contribution in [2.24, 2.45) is 0 Å². The first kappa shape index (κ1) is 22.9. The van der Waals surface area contributed by atoms with E-state index >= 15 is 0 Å². The lowest BCUT2D eigenvalue weighted by Crippen LogP contribution is -2.49. The molecule has 3 aromatic carbocycles. The predicted molar refractivity (Wildman–Crippen MR) is 133 cm³/mol. The van der Waals surface area contributed by atoms with Crippen molar-refractivity contribution in [1.82, 2.24) is 14.2 Å². The first-order chi connectivity index (χ1) is 16.5. The van der Waals surface area contributed by atoms with Gasteiger partial charge in [0, 0.05) is 31.7 Å². The molecule has 4 aromatic rings. The molecule has 0 radical (unpaired) electrons. The minimum absolute atomic E-state index is 0.0701. The molecule has 8 heteroatoms. The van der Waals surface area contributed by atoms with Crippen LogP contribution in [0.15, 0.2) is 95.3 Å². The van der Waals surface area contributed by atoms with Gasteiger partial charge in [-0.1, -0.05) is 60.7 Å². The van der Waals surface area contributed by atoms with Crippen molar-refractivity contribution in [2.75, 3.05) is 26.2 Å². The first-order valence-electron chi connectivity index (χ1n) is 11.1. The van der Waals surface area contributed by atoms with Crippen LogP contribution in [0.2, 0.25) is 0 Å². The zero-order valence-electron chi connectivity index (χ0n) is 18.4. The molecule has 5 nitrogen and oxygen atoms in total. The molecule has 1 aliphatic rings. The van der Waals surface area contributed by atoms with Crippen LogP contribution in [-0.2, 0) is 10.0 Å². The third-order valence-corrected chi connectivity index (χ3v) is 9.42. The molecule has 0 atom stereocenters. The number of benzene rings is 3. The second kappa shape index (κ2) is 9.76. The highest BCUT2D eigenvalue weighted by Gasteiger charge is 2.33. The Balaban J connectivity index is 1.33. The SMILES string of the molecule is O=S(=O)(c1cnc(-c2ccc(F)cc2)s1)N1CCN(C(c2ccccc2)c2ccccc2)CC1. The van der Waals surface area contributed by atoms with E-state index in [1.165, 1.54) is 29.5 Å². The minimum atomic E-state index is -3.65. The number of halogens is 1. The summed E-state index contributed by atoms with van der Waals surface area (Å²) >= 11 is 1.12. The molecule has 0 bridgehead atoms. The highest BCUT2D eigenvalue weighted by molar-refractivity contribution is 7.91. The average Bonchev–Trinajstić information content (AvgIpc) is 3.38. The van der Waals surface area contributed by atoms with Crippen molar-refractivity contribution in [3.05, 3.63) is 108 Å². The molecule has 174 valence electrons. The molecule has 1 fully saturated rings. The molecule has 0 aliphatic carbocycles. The zero-order valence-corrected chi connectivity index (χ0v) is 20.1. The van der Waals surface area contributed by atoms with Crippen LogP contribution in [0.1, 0.15) is 17.2 Å². The van der Waals surface area contributed by atoms with Crippen LogP contribution in [0.3, 0.4) is 0 Å². The summed E-state index contributed by atoms with van der Waals surface area (Å²) in [4.78, 5) is 6.62. The van der Waals surface area contributed by atoms with Crippen LogP contribution in [0.4, 0.5) is 4.39 Å². The Hall–Kier alpha value is -2.91. The lowest BCUT2D eigenvalue weighted by molar-refractivity contribution is 0.156. The highest BCUT2D eigenvalue weighted by Crippen LogP contribution is 2.33. The fourth-order valence-corrected chi connectivity index (χ4v) is 7.03. The zero-order chi connectivity index (χ0) is 23.5. The van der Waals surface area contributed by atoms with E-state index < -0.39 is 10.0 Å². The monoisotopic (exact) mass is 493 g/mol. The van der Waals surface area contributed by atoms with Crippen LogP contribution in [-0.4, -0.2) is 48.8 Å². The minimum Gasteiger partial charge on any atom is -0.290 e. The van der Waals surface area contributed by atoms with E-state index in [2.05, 4.69) is 34.1 Å². The van der Waals surface area contributed by atoms with Gasteiger partial charge in [-0.3, -0.25) is 4.90 Å². The van der Waals surface area contributed by atoms with Gasteiger partial charge in [-0.15, -0.1) is 11.3 Å². The van der Waals surface area contributed by atoms with E-state index in [-0.39, 0.29) is 16.1 Å². The Morgan fingerprint density at radius 1 is 0.794 bits per heavy atom. The molecule has 5 rings (SSSR count). The lowest BCUT2D eigenvalue weighted by atomic mass is 9.96. The maximum Gasteiger partial charge on any atom is 0.254 e. The van der Waals surface area contributed by atoms with Gasteiger partial charge in [0.05, 0.1) is 12.2 Å². The van der Waals surface area contributed by atoms with E-state index in [4.69, 9.17) is 0 Å². The number of rotatable bonds is 6. The topological polar surface area (TPSA) is 53.5 Å². The van der Waals surface area contributed by atoms with E-state index in [0.717, 1.165) is 11.3 Å². The van der Waals surface area contributed by atoms with Crippen molar-refractivity contribution in [2.45, 2.75) is 10.3 Å². The molecule has 0 amide bonds. The fraction of sp³-hybridized carbons (Fsp3) is 0.192. The molecule has 0 unspecified atom stereocenters. The summed E-state index contributed by atoms with van der Waals surface area (Å²) in [6, 6.07) is 26.6. The molecule has 0 spiro atoms. The Bertz CT molecular complexity index is 1300. The van der Waals surface area contributed by atoms with Gasteiger partial charge in [0.1, 0.15) is 10.8 Å². The smallest absolute Gasteiger partial charge is 0.254 e. The Morgan fingerprint density at radius 2 is 1.35 bits per heavy atom. The molecule has 1 aromatic heterocycles. The average molecular weight is 494 g/mol. The van der Waals surface area contributed by atoms with Crippen molar-refractivity contribution in [3.8, 4) is 10.6 Å².